The maximum absolute atomic E-state index is 12.6. The monoisotopic (exact) mass is 269 g/mol. The highest BCUT2D eigenvalue weighted by Crippen LogP contribution is 2.24. The summed E-state index contributed by atoms with van der Waals surface area (Å²) in [4.78, 5) is 16.7. The third-order valence-corrected chi connectivity index (χ3v) is 3.88. The molecule has 1 saturated carbocycles. The van der Waals surface area contributed by atoms with E-state index in [4.69, 9.17) is 5.73 Å². The van der Waals surface area contributed by atoms with Crippen LogP contribution in [0, 0.1) is 5.92 Å². The van der Waals surface area contributed by atoms with Crippen LogP contribution in [-0.2, 0) is 4.79 Å². The summed E-state index contributed by atoms with van der Waals surface area (Å²) in [5.74, 6) is 0.626. The average Bonchev–Trinajstić information content (AvgIpc) is 2.81. The topological polar surface area (TPSA) is 49.6 Å². The molecule has 1 atom stereocenters. The molecule has 0 aromatic rings. The molecule has 0 saturated heterocycles. The van der Waals surface area contributed by atoms with Crippen LogP contribution in [0.2, 0.25) is 0 Å². The second kappa shape index (κ2) is 7.85. The van der Waals surface area contributed by atoms with Gasteiger partial charge in [0, 0.05) is 19.1 Å². The Labute approximate surface area is 118 Å². The number of likely N-dealkylation sites (N-methyl/N-ethyl adjacent to an activating group) is 1. The minimum atomic E-state index is -0.331. The first-order valence-corrected chi connectivity index (χ1v) is 7.62. The molecule has 1 aliphatic rings. The van der Waals surface area contributed by atoms with E-state index in [0.29, 0.717) is 12.0 Å². The molecule has 1 fully saturated rings. The minimum absolute atomic E-state index is 0.155. The Bertz CT molecular complexity index is 273. The standard InChI is InChI=1S/C15H31N3O/c1-12(2)11-14(16)15(19)18(10-9-17(3)4)13-7-5-6-8-13/h12-14H,5-11,16H2,1-4H3/t14-/m0/s1. The van der Waals surface area contributed by atoms with Crippen molar-refractivity contribution in [2.24, 2.45) is 11.7 Å². The van der Waals surface area contributed by atoms with Crippen LogP contribution in [0.25, 0.3) is 0 Å². The van der Waals surface area contributed by atoms with E-state index < -0.39 is 0 Å². The van der Waals surface area contributed by atoms with Crippen LogP contribution in [0.5, 0.6) is 0 Å². The third-order valence-electron chi connectivity index (χ3n) is 3.88. The molecule has 1 rings (SSSR count). The highest BCUT2D eigenvalue weighted by molar-refractivity contribution is 5.82. The van der Waals surface area contributed by atoms with Crippen molar-refractivity contribution in [3.63, 3.8) is 0 Å². The zero-order valence-electron chi connectivity index (χ0n) is 13.1. The molecule has 0 heterocycles. The van der Waals surface area contributed by atoms with Crippen LogP contribution >= 0.6 is 0 Å². The van der Waals surface area contributed by atoms with Crippen LogP contribution in [0.1, 0.15) is 46.0 Å². The fourth-order valence-corrected chi connectivity index (χ4v) is 2.82. The summed E-state index contributed by atoms with van der Waals surface area (Å²) in [5, 5.41) is 0. The fraction of sp³-hybridized carbons (Fsp3) is 0.933. The van der Waals surface area contributed by atoms with Crippen LogP contribution < -0.4 is 5.73 Å². The molecule has 0 unspecified atom stereocenters. The van der Waals surface area contributed by atoms with Crippen molar-refractivity contribution >= 4 is 5.91 Å². The molecule has 4 nitrogen and oxygen atoms in total. The number of nitrogens with two attached hydrogens (primary N) is 1. The molecule has 0 aromatic carbocycles. The van der Waals surface area contributed by atoms with E-state index in [1.54, 1.807) is 0 Å². The Kier molecular flexibility index (Phi) is 6.80. The summed E-state index contributed by atoms with van der Waals surface area (Å²) in [6, 6.07) is 0.0911. The Morgan fingerprint density at radius 2 is 1.79 bits per heavy atom. The minimum Gasteiger partial charge on any atom is -0.337 e. The van der Waals surface area contributed by atoms with E-state index in [1.165, 1.54) is 12.8 Å². The van der Waals surface area contributed by atoms with Crippen LogP contribution in [0.4, 0.5) is 0 Å². The lowest BCUT2D eigenvalue weighted by Gasteiger charge is -2.32. The molecule has 4 heteroatoms. The van der Waals surface area contributed by atoms with Crippen LogP contribution in [0.3, 0.4) is 0 Å². The molecule has 0 aromatic heterocycles. The van der Waals surface area contributed by atoms with Crippen molar-refractivity contribution in [2.45, 2.75) is 58.0 Å². The summed E-state index contributed by atoms with van der Waals surface area (Å²) in [5.41, 5.74) is 6.09. The average molecular weight is 269 g/mol. The first-order valence-electron chi connectivity index (χ1n) is 7.62. The number of hydrogen-bond donors (Lipinski definition) is 1. The SMILES string of the molecule is CC(C)C[C@H](N)C(=O)N(CCN(C)C)C1CCCC1. The van der Waals surface area contributed by atoms with E-state index in [1.807, 2.05) is 14.1 Å². The third kappa shape index (κ3) is 5.49. The second-order valence-electron chi connectivity index (χ2n) is 6.51. The maximum Gasteiger partial charge on any atom is 0.239 e. The molecular weight excluding hydrogens is 238 g/mol. The van der Waals surface area contributed by atoms with Crippen molar-refractivity contribution in [3.05, 3.63) is 0 Å². The molecule has 19 heavy (non-hydrogen) atoms. The highest BCUT2D eigenvalue weighted by Gasteiger charge is 2.29. The second-order valence-corrected chi connectivity index (χ2v) is 6.51. The molecule has 0 aliphatic heterocycles. The predicted molar refractivity (Wildman–Crippen MR) is 80.0 cm³/mol. The number of carbonyl (C=O) groups excluding carboxylic acids is 1. The molecule has 1 amide bonds. The van der Waals surface area contributed by atoms with E-state index in [9.17, 15) is 4.79 Å². The number of amides is 1. The van der Waals surface area contributed by atoms with Crippen molar-refractivity contribution in [3.8, 4) is 0 Å². The quantitative estimate of drug-likeness (QED) is 0.765. The Morgan fingerprint density at radius 1 is 1.21 bits per heavy atom. The lowest BCUT2D eigenvalue weighted by molar-refractivity contribution is -0.135. The number of rotatable bonds is 7. The number of hydrogen-bond acceptors (Lipinski definition) is 3. The molecule has 0 radical (unpaired) electrons. The Balaban J connectivity index is 2.62. The zero-order chi connectivity index (χ0) is 14.4. The van der Waals surface area contributed by atoms with Gasteiger partial charge in [0.05, 0.1) is 6.04 Å². The van der Waals surface area contributed by atoms with Crippen molar-refractivity contribution in [1.29, 1.82) is 0 Å². The summed E-state index contributed by atoms with van der Waals surface area (Å²) < 4.78 is 0. The van der Waals surface area contributed by atoms with E-state index in [0.717, 1.165) is 32.4 Å². The molecule has 1 aliphatic carbocycles. The number of nitrogens with zero attached hydrogens (tertiary/aromatic N) is 2. The first kappa shape index (κ1) is 16.4. The van der Waals surface area contributed by atoms with Crippen molar-refractivity contribution < 1.29 is 4.79 Å². The Hall–Kier alpha value is -0.610. The smallest absolute Gasteiger partial charge is 0.239 e. The van der Waals surface area contributed by atoms with Gasteiger partial charge in [-0.15, -0.1) is 0 Å². The van der Waals surface area contributed by atoms with Crippen LogP contribution in [-0.4, -0.2) is 55.0 Å². The van der Waals surface area contributed by atoms with Gasteiger partial charge in [-0.25, -0.2) is 0 Å². The van der Waals surface area contributed by atoms with Crippen LogP contribution in [0.15, 0.2) is 0 Å². The lowest BCUT2D eigenvalue weighted by Crippen LogP contribution is -2.50. The predicted octanol–water partition coefficient (Wildman–Crippen LogP) is 1.69. The van der Waals surface area contributed by atoms with E-state index >= 15 is 0 Å². The molecule has 2 N–H and O–H groups in total. The molecule has 0 spiro atoms. The van der Waals surface area contributed by atoms with Gasteiger partial charge in [-0.1, -0.05) is 26.7 Å². The summed E-state index contributed by atoms with van der Waals surface area (Å²) in [6.07, 6.45) is 5.57. The Morgan fingerprint density at radius 3 is 2.26 bits per heavy atom. The lowest BCUT2D eigenvalue weighted by atomic mass is 10.0. The number of carbonyl (C=O) groups is 1. The molecular formula is C15H31N3O. The fourth-order valence-electron chi connectivity index (χ4n) is 2.82. The van der Waals surface area contributed by atoms with Gasteiger partial charge in [-0.05, 0) is 39.3 Å². The van der Waals surface area contributed by atoms with Gasteiger partial charge < -0.3 is 15.5 Å². The molecule has 0 bridgehead atoms. The van der Waals surface area contributed by atoms with Crippen molar-refractivity contribution in [2.75, 3.05) is 27.2 Å². The largest absolute Gasteiger partial charge is 0.337 e. The van der Waals surface area contributed by atoms with Gasteiger partial charge in [-0.2, -0.15) is 0 Å². The molecule has 112 valence electrons. The first-order chi connectivity index (χ1) is 8.91. The van der Waals surface area contributed by atoms with Gasteiger partial charge in [0.15, 0.2) is 0 Å². The summed E-state index contributed by atoms with van der Waals surface area (Å²) in [7, 11) is 4.09. The van der Waals surface area contributed by atoms with E-state index in [2.05, 4.69) is 23.6 Å². The zero-order valence-corrected chi connectivity index (χ0v) is 13.1. The normalized spacial score (nSPS) is 18.3. The summed E-state index contributed by atoms with van der Waals surface area (Å²) in [6.45, 7) is 5.96. The van der Waals surface area contributed by atoms with Crippen molar-refractivity contribution in [1.82, 2.24) is 9.80 Å². The summed E-state index contributed by atoms with van der Waals surface area (Å²) >= 11 is 0. The maximum atomic E-state index is 12.6. The van der Waals surface area contributed by atoms with E-state index in [-0.39, 0.29) is 11.9 Å². The highest BCUT2D eigenvalue weighted by atomic mass is 16.2. The van der Waals surface area contributed by atoms with Gasteiger partial charge in [0.25, 0.3) is 0 Å². The van der Waals surface area contributed by atoms with Gasteiger partial charge >= 0.3 is 0 Å². The van der Waals surface area contributed by atoms with Gasteiger partial charge in [0.1, 0.15) is 0 Å². The van der Waals surface area contributed by atoms with Gasteiger partial charge in [0.2, 0.25) is 5.91 Å². The van der Waals surface area contributed by atoms with Gasteiger partial charge in [-0.3, -0.25) is 4.79 Å².